The zero-order valence-electron chi connectivity index (χ0n) is 11.8. The minimum atomic E-state index is -0.313. The van der Waals surface area contributed by atoms with Crippen molar-refractivity contribution < 1.29 is 9.59 Å². The van der Waals surface area contributed by atoms with Gasteiger partial charge in [-0.15, -0.1) is 0 Å². The van der Waals surface area contributed by atoms with Crippen molar-refractivity contribution in [3.05, 3.63) is 30.3 Å². The van der Waals surface area contributed by atoms with E-state index in [0.717, 1.165) is 10.7 Å². The summed E-state index contributed by atoms with van der Waals surface area (Å²) < 4.78 is 4.31. The van der Waals surface area contributed by atoms with E-state index in [1.807, 2.05) is 30.3 Å². The predicted molar refractivity (Wildman–Crippen MR) is 83.6 cm³/mol. The Morgan fingerprint density at radius 2 is 2.09 bits per heavy atom. The van der Waals surface area contributed by atoms with Gasteiger partial charge in [0, 0.05) is 30.2 Å². The minimum absolute atomic E-state index is 0.100. The first-order chi connectivity index (χ1) is 10.7. The number of amides is 3. The number of hydrogen-bond acceptors (Lipinski definition) is 6. The van der Waals surface area contributed by atoms with Gasteiger partial charge in [0.05, 0.1) is 6.54 Å². The second-order valence-electron chi connectivity index (χ2n) is 4.77. The molecule has 1 aliphatic heterocycles. The van der Waals surface area contributed by atoms with Crippen molar-refractivity contribution in [2.75, 3.05) is 25.0 Å². The molecule has 0 aliphatic carbocycles. The number of carbonyl (C=O) groups is 2. The van der Waals surface area contributed by atoms with Gasteiger partial charge in [0.25, 0.3) is 0 Å². The smallest absolute Gasteiger partial charge is 0.324 e. The zero-order valence-corrected chi connectivity index (χ0v) is 12.6. The van der Waals surface area contributed by atoms with E-state index in [4.69, 9.17) is 0 Å². The number of aromatic nitrogens is 2. The van der Waals surface area contributed by atoms with Crippen LogP contribution in [0.5, 0.6) is 0 Å². The number of nitrogens with one attached hydrogen (secondary N) is 2. The average molecular weight is 317 g/mol. The van der Waals surface area contributed by atoms with Crippen LogP contribution in [0.2, 0.25) is 0 Å². The first-order valence-electron chi connectivity index (χ1n) is 6.95. The van der Waals surface area contributed by atoms with E-state index in [0.29, 0.717) is 25.3 Å². The number of nitrogens with zero attached hydrogens (tertiary/aromatic N) is 3. The summed E-state index contributed by atoms with van der Waals surface area (Å²) in [7, 11) is 0. The van der Waals surface area contributed by atoms with E-state index in [2.05, 4.69) is 20.0 Å². The van der Waals surface area contributed by atoms with E-state index in [1.54, 1.807) is 0 Å². The molecule has 22 heavy (non-hydrogen) atoms. The molecule has 0 spiro atoms. The van der Waals surface area contributed by atoms with Gasteiger partial charge in [-0.1, -0.05) is 30.3 Å². The maximum atomic E-state index is 11.4. The number of carbonyl (C=O) groups excluding carboxylic acids is 2. The Morgan fingerprint density at radius 1 is 1.27 bits per heavy atom. The van der Waals surface area contributed by atoms with Crippen LogP contribution in [0.15, 0.2) is 30.3 Å². The fourth-order valence-corrected chi connectivity index (χ4v) is 2.73. The van der Waals surface area contributed by atoms with Crippen molar-refractivity contribution in [3.63, 3.8) is 0 Å². The number of hydrogen-bond donors (Lipinski definition) is 2. The van der Waals surface area contributed by atoms with Crippen LogP contribution in [-0.4, -0.2) is 45.8 Å². The second kappa shape index (κ2) is 6.52. The lowest BCUT2D eigenvalue weighted by Gasteiger charge is -2.11. The second-order valence-corrected chi connectivity index (χ2v) is 5.53. The van der Waals surface area contributed by atoms with Gasteiger partial charge in [-0.2, -0.15) is 9.36 Å². The Bertz CT molecular complexity index is 657. The average Bonchev–Trinajstić information content (AvgIpc) is 3.13. The summed E-state index contributed by atoms with van der Waals surface area (Å²) in [5.41, 5.74) is 0.978. The Balaban J connectivity index is 1.47. The Kier molecular flexibility index (Phi) is 4.29. The molecule has 0 unspecified atom stereocenters. The van der Waals surface area contributed by atoms with Crippen LogP contribution in [0.3, 0.4) is 0 Å². The number of rotatable bonds is 6. The molecule has 1 aromatic carbocycles. The molecular weight excluding hydrogens is 302 g/mol. The third kappa shape index (κ3) is 3.22. The zero-order chi connectivity index (χ0) is 15.4. The summed E-state index contributed by atoms with van der Waals surface area (Å²) in [6.07, 6.45) is 0.666. The molecule has 0 bridgehead atoms. The van der Waals surface area contributed by atoms with Crippen LogP contribution in [0.25, 0.3) is 11.4 Å². The molecule has 1 saturated heterocycles. The molecule has 114 valence electrons. The number of benzene rings is 1. The molecule has 1 aliphatic rings. The molecule has 0 radical (unpaired) electrons. The SMILES string of the molecule is O=C1CNC(=O)N1CCCNc1nc(-c2ccccc2)ns1. The Labute approximate surface area is 131 Å². The van der Waals surface area contributed by atoms with E-state index < -0.39 is 0 Å². The lowest BCUT2D eigenvalue weighted by Crippen LogP contribution is -2.32. The molecule has 3 rings (SSSR count). The van der Waals surface area contributed by atoms with Gasteiger partial charge in [0.15, 0.2) is 5.82 Å². The van der Waals surface area contributed by atoms with E-state index in [1.165, 1.54) is 16.4 Å². The number of anilines is 1. The van der Waals surface area contributed by atoms with Gasteiger partial charge >= 0.3 is 6.03 Å². The Morgan fingerprint density at radius 3 is 2.82 bits per heavy atom. The molecule has 8 heteroatoms. The normalized spacial score (nSPS) is 14.3. The molecule has 3 amide bonds. The minimum Gasteiger partial charge on any atom is -0.360 e. The first-order valence-corrected chi connectivity index (χ1v) is 7.72. The Hall–Kier alpha value is -2.48. The van der Waals surface area contributed by atoms with Crippen LogP contribution < -0.4 is 10.6 Å². The molecule has 0 saturated carbocycles. The maximum Gasteiger partial charge on any atom is 0.324 e. The van der Waals surface area contributed by atoms with Crippen LogP contribution in [0.1, 0.15) is 6.42 Å². The highest BCUT2D eigenvalue weighted by Crippen LogP contribution is 2.20. The number of imide groups is 1. The summed E-state index contributed by atoms with van der Waals surface area (Å²) in [6.45, 7) is 1.13. The molecule has 7 nitrogen and oxygen atoms in total. The lowest BCUT2D eigenvalue weighted by molar-refractivity contribution is -0.124. The number of urea groups is 1. The van der Waals surface area contributed by atoms with Crippen molar-refractivity contribution in [2.45, 2.75) is 6.42 Å². The van der Waals surface area contributed by atoms with Crippen molar-refractivity contribution in [3.8, 4) is 11.4 Å². The van der Waals surface area contributed by atoms with Gasteiger partial charge in [-0.25, -0.2) is 4.79 Å². The largest absolute Gasteiger partial charge is 0.360 e. The molecular formula is C14H15N5O2S. The third-order valence-electron chi connectivity index (χ3n) is 3.23. The summed E-state index contributed by atoms with van der Waals surface area (Å²) in [5, 5.41) is 6.39. The third-order valence-corrected chi connectivity index (χ3v) is 3.90. The predicted octanol–water partition coefficient (Wildman–Crippen LogP) is 1.56. The van der Waals surface area contributed by atoms with Gasteiger partial charge < -0.3 is 10.6 Å². The first kappa shape index (κ1) is 14.5. The van der Waals surface area contributed by atoms with Gasteiger partial charge in [0.2, 0.25) is 11.0 Å². The molecule has 0 atom stereocenters. The summed E-state index contributed by atoms with van der Waals surface area (Å²) >= 11 is 1.30. The fraction of sp³-hybridized carbons (Fsp3) is 0.286. The highest BCUT2D eigenvalue weighted by Gasteiger charge is 2.27. The van der Waals surface area contributed by atoms with Crippen LogP contribution in [0.4, 0.5) is 9.93 Å². The maximum absolute atomic E-state index is 11.4. The summed E-state index contributed by atoms with van der Waals surface area (Å²) in [4.78, 5) is 28.4. The van der Waals surface area contributed by atoms with Crippen molar-refractivity contribution in [1.82, 2.24) is 19.6 Å². The van der Waals surface area contributed by atoms with Crippen molar-refractivity contribution in [2.24, 2.45) is 0 Å². The van der Waals surface area contributed by atoms with Crippen LogP contribution >= 0.6 is 11.5 Å². The quantitative estimate of drug-likeness (QED) is 0.623. The molecule has 1 aromatic heterocycles. The highest BCUT2D eigenvalue weighted by molar-refractivity contribution is 7.09. The standard InChI is InChI=1S/C14H15N5O2S/c20-11-9-16-14(21)19(11)8-4-7-15-13-17-12(18-22-13)10-5-2-1-3-6-10/h1-3,5-6H,4,7-9H2,(H,16,21)(H,15,17,18). The van der Waals surface area contributed by atoms with Gasteiger partial charge in [0.1, 0.15) is 0 Å². The fourth-order valence-electron chi connectivity index (χ4n) is 2.11. The molecule has 2 heterocycles. The van der Waals surface area contributed by atoms with E-state index in [9.17, 15) is 9.59 Å². The molecule has 2 aromatic rings. The topological polar surface area (TPSA) is 87.2 Å². The molecule has 2 N–H and O–H groups in total. The summed E-state index contributed by atoms with van der Waals surface area (Å²) in [6, 6.07) is 9.45. The monoisotopic (exact) mass is 317 g/mol. The van der Waals surface area contributed by atoms with E-state index in [-0.39, 0.29) is 18.5 Å². The molecule has 1 fully saturated rings. The van der Waals surface area contributed by atoms with Gasteiger partial charge in [-0.05, 0) is 6.42 Å². The summed E-state index contributed by atoms with van der Waals surface area (Å²) in [5.74, 6) is 0.523. The van der Waals surface area contributed by atoms with Gasteiger partial charge in [-0.3, -0.25) is 9.69 Å². The van der Waals surface area contributed by atoms with Crippen LogP contribution in [-0.2, 0) is 4.79 Å². The highest BCUT2D eigenvalue weighted by atomic mass is 32.1. The van der Waals surface area contributed by atoms with Crippen LogP contribution in [0, 0.1) is 0 Å². The van der Waals surface area contributed by atoms with Crippen molar-refractivity contribution >= 4 is 28.6 Å². The lowest BCUT2D eigenvalue weighted by atomic mass is 10.2. The van der Waals surface area contributed by atoms with E-state index >= 15 is 0 Å². The van der Waals surface area contributed by atoms with Crippen molar-refractivity contribution in [1.29, 1.82) is 0 Å².